The molecule has 0 spiro atoms. The number of benzene rings is 1. The highest BCUT2D eigenvalue weighted by Crippen LogP contribution is 2.29. The number of nitrogens with zero attached hydrogens (tertiary/aromatic N) is 7. The number of imidazole rings is 1. The van der Waals surface area contributed by atoms with Crippen molar-refractivity contribution in [2.24, 2.45) is 0 Å². The first kappa shape index (κ1) is 25.9. The lowest BCUT2D eigenvalue weighted by atomic mass is 9.93. The summed E-state index contributed by atoms with van der Waals surface area (Å²) in [6.45, 7) is 3.68. The van der Waals surface area contributed by atoms with Crippen LogP contribution in [0, 0.1) is 17.1 Å². The third-order valence-electron chi connectivity index (χ3n) is 7.52. The molecule has 0 radical (unpaired) electrons. The number of rotatable bonds is 9. The molecule has 12 heteroatoms. The molecule has 40 heavy (non-hydrogen) atoms. The fourth-order valence-corrected chi connectivity index (χ4v) is 5.16. The first-order valence-electron chi connectivity index (χ1n) is 13.3. The highest BCUT2D eigenvalue weighted by atomic mass is 19.1. The number of piperidine rings is 1. The van der Waals surface area contributed by atoms with E-state index in [1.54, 1.807) is 22.7 Å². The fourth-order valence-electron chi connectivity index (χ4n) is 5.16. The summed E-state index contributed by atoms with van der Waals surface area (Å²) in [4.78, 5) is 22.7. The monoisotopic (exact) mass is 545 g/mol. The zero-order valence-electron chi connectivity index (χ0n) is 21.7. The second-order valence-electron chi connectivity index (χ2n) is 10.1. The van der Waals surface area contributed by atoms with Crippen molar-refractivity contribution in [2.45, 2.75) is 51.0 Å². The maximum atomic E-state index is 14.2. The average Bonchev–Trinajstić information content (AvgIpc) is 3.49. The summed E-state index contributed by atoms with van der Waals surface area (Å²) >= 11 is 0. The molecule has 206 valence electrons. The number of carbonyl (C=O) groups is 1. The molecule has 4 aromatic rings. The molecule has 0 saturated carbocycles. The van der Waals surface area contributed by atoms with E-state index in [0.29, 0.717) is 30.3 Å². The Morgan fingerprint density at radius 3 is 2.73 bits per heavy atom. The van der Waals surface area contributed by atoms with Crippen LogP contribution in [0.1, 0.15) is 58.3 Å². The molecule has 5 heterocycles. The van der Waals surface area contributed by atoms with Crippen molar-refractivity contribution in [1.29, 1.82) is 5.26 Å². The van der Waals surface area contributed by atoms with Gasteiger partial charge in [-0.1, -0.05) is 12.1 Å². The van der Waals surface area contributed by atoms with E-state index in [-0.39, 0.29) is 29.9 Å². The Labute approximate surface area is 229 Å². The number of ether oxygens (including phenoxy) is 2. The molecule has 1 unspecified atom stereocenters. The number of pyridine rings is 1. The van der Waals surface area contributed by atoms with Gasteiger partial charge in [-0.25, -0.2) is 23.7 Å². The van der Waals surface area contributed by atoms with Gasteiger partial charge in [0.1, 0.15) is 18.2 Å². The van der Waals surface area contributed by atoms with E-state index >= 15 is 0 Å². The maximum Gasteiger partial charge on any atom is 0.356 e. The molecule has 2 saturated heterocycles. The molecular weight excluding hydrogens is 517 g/mol. The van der Waals surface area contributed by atoms with Crippen LogP contribution in [0.15, 0.2) is 42.6 Å². The van der Waals surface area contributed by atoms with Crippen LogP contribution in [0.3, 0.4) is 0 Å². The summed E-state index contributed by atoms with van der Waals surface area (Å²) in [5.41, 5.74) is 1.55. The molecule has 3 aromatic heterocycles. The summed E-state index contributed by atoms with van der Waals surface area (Å²) in [6.07, 6.45) is 4.31. The largest absolute Gasteiger partial charge is 0.476 e. The minimum absolute atomic E-state index is 0.0288. The number of hydrogen-bond donors (Lipinski definition) is 1. The van der Waals surface area contributed by atoms with Gasteiger partial charge < -0.3 is 14.6 Å². The second kappa shape index (κ2) is 11.0. The van der Waals surface area contributed by atoms with Gasteiger partial charge in [0.25, 0.3) is 0 Å². The molecule has 0 bridgehead atoms. The molecule has 0 aliphatic carbocycles. The first-order chi connectivity index (χ1) is 19.5. The predicted molar refractivity (Wildman–Crippen MR) is 139 cm³/mol. The minimum Gasteiger partial charge on any atom is -0.476 e. The summed E-state index contributed by atoms with van der Waals surface area (Å²) in [6, 6.07) is 11.9. The van der Waals surface area contributed by atoms with Crippen molar-refractivity contribution in [3.63, 3.8) is 0 Å². The van der Waals surface area contributed by atoms with Gasteiger partial charge in [-0.2, -0.15) is 10.4 Å². The third-order valence-corrected chi connectivity index (χ3v) is 7.52. The average molecular weight is 546 g/mol. The number of fused-ring (bicyclic) bond motifs is 1. The van der Waals surface area contributed by atoms with Crippen LogP contribution in [0.25, 0.3) is 5.78 Å². The molecular formula is C28H28FN7O4. The zero-order chi connectivity index (χ0) is 27.6. The van der Waals surface area contributed by atoms with Crippen LogP contribution < -0.4 is 4.74 Å². The van der Waals surface area contributed by atoms with Crippen molar-refractivity contribution in [2.75, 3.05) is 19.7 Å². The number of hydrogen-bond acceptors (Lipinski definition) is 8. The molecule has 2 aliphatic heterocycles. The lowest BCUT2D eigenvalue weighted by Crippen LogP contribution is -2.35. The summed E-state index contributed by atoms with van der Waals surface area (Å²) in [5.74, 6) is 0.499. The van der Waals surface area contributed by atoms with Gasteiger partial charge in [-0.05, 0) is 50.6 Å². The summed E-state index contributed by atoms with van der Waals surface area (Å²) in [7, 11) is 0. The lowest BCUT2D eigenvalue weighted by molar-refractivity contribution is -0.0593. The van der Waals surface area contributed by atoms with Gasteiger partial charge in [-0.15, -0.1) is 0 Å². The van der Waals surface area contributed by atoms with Gasteiger partial charge in [0, 0.05) is 29.8 Å². The van der Waals surface area contributed by atoms with Crippen LogP contribution in [-0.2, 0) is 24.4 Å². The van der Waals surface area contributed by atoms with Crippen LogP contribution >= 0.6 is 0 Å². The minimum atomic E-state index is -1.08. The zero-order valence-corrected chi connectivity index (χ0v) is 21.7. The Morgan fingerprint density at radius 2 is 2.02 bits per heavy atom. The predicted octanol–water partition coefficient (Wildman–Crippen LogP) is 3.38. The summed E-state index contributed by atoms with van der Waals surface area (Å²) < 4.78 is 29.1. The SMILES string of the molecule is N#Cc1ccc(COc2cccc(C3CCN(Cc4nn5cc(C(=O)O)nc5n4CC4CCO4)CC3)n2)c(F)c1. The van der Waals surface area contributed by atoms with Crippen molar-refractivity contribution < 1.29 is 23.8 Å². The van der Waals surface area contributed by atoms with Crippen molar-refractivity contribution >= 4 is 11.7 Å². The highest BCUT2D eigenvalue weighted by molar-refractivity contribution is 5.85. The third kappa shape index (κ3) is 5.38. The molecule has 1 atom stereocenters. The number of aromatic nitrogens is 5. The number of likely N-dealkylation sites (tertiary alicyclic amines) is 1. The Morgan fingerprint density at radius 1 is 1.20 bits per heavy atom. The van der Waals surface area contributed by atoms with Crippen LogP contribution in [0.2, 0.25) is 0 Å². The van der Waals surface area contributed by atoms with Crippen molar-refractivity contribution in [1.82, 2.24) is 29.0 Å². The number of nitriles is 1. The Kier molecular flexibility index (Phi) is 7.15. The molecule has 0 amide bonds. The molecule has 2 fully saturated rings. The normalized spacial score (nSPS) is 17.9. The van der Waals surface area contributed by atoms with Crippen LogP contribution in [0.5, 0.6) is 5.88 Å². The number of halogens is 1. The summed E-state index contributed by atoms with van der Waals surface area (Å²) in [5, 5.41) is 22.9. The van der Waals surface area contributed by atoms with E-state index in [1.165, 1.54) is 12.3 Å². The molecule has 2 aliphatic rings. The Bertz CT molecular complexity index is 1580. The molecule has 1 aromatic carbocycles. The van der Waals surface area contributed by atoms with Gasteiger partial charge in [0.2, 0.25) is 11.7 Å². The van der Waals surface area contributed by atoms with E-state index in [9.17, 15) is 14.3 Å². The van der Waals surface area contributed by atoms with E-state index in [0.717, 1.165) is 50.5 Å². The smallest absolute Gasteiger partial charge is 0.356 e. The van der Waals surface area contributed by atoms with Gasteiger partial charge in [-0.3, -0.25) is 9.47 Å². The highest BCUT2D eigenvalue weighted by Gasteiger charge is 2.27. The van der Waals surface area contributed by atoms with E-state index in [2.05, 4.69) is 20.0 Å². The topological polar surface area (TPSA) is 131 Å². The fraction of sp³-hybridized carbons (Fsp3) is 0.393. The number of aromatic carboxylic acids is 1. The number of carboxylic acid groups (broad SMARTS) is 1. The van der Waals surface area contributed by atoms with E-state index < -0.39 is 11.8 Å². The lowest BCUT2D eigenvalue weighted by Gasteiger charge is -2.32. The van der Waals surface area contributed by atoms with Gasteiger partial charge in [0.15, 0.2) is 5.69 Å². The van der Waals surface area contributed by atoms with Gasteiger partial charge >= 0.3 is 5.97 Å². The van der Waals surface area contributed by atoms with Crippen molar-refractivity contribution in [3.05, 3.63) is 76.8 Å². The van der Waals surface area contributed by atoms with E-state index in [1.807, 2.05) is 22.8 Å². The number of carboxylic acids is 1. The molecule has 1 N–H and O–H groups in total. The second-order valence-corrected chi connectivity index (χ2v) is 10.1. The van der Waals surface area contributed by atoms with Crippen LogP contribution in [0.4, 0.5) is 4.39 Å². The Balaban J connectivity index is 1.08. The first-order valence-corrected chi connectivity index (χ1v) is 13.3. The van der Waals surface area contributed by atoms with Crippen molar-refractivity contribution in [3.8, 4) is 11.9 Å². The Hall–Kier alpha value is -4.34. The molecule has 6 rings (SSSR count). The van der Waals surface area contributed by atoms with Gasteiger partial charge in [0.05, 0.1) is 37.0 Å². The quantitative estimate of drug-likeness (QED) is 0.336. The van der Waals surface area contributed by atoms with E-state index in [4.69, 9.17) is 14.7 Å². The standard InChI is InChI=1S/C28H28FN7O4/c29-22-12-18(13-30)4-5-20(22)17-40-26-3-1-2-23(31-26)19-6-9-34(10-7-19)16-25-33-36-15-24(27(37)38)32-28(36)35(25)14-21-8-11-39-21/h1-5,12,15,19,21H,6-11,14,16-17H2,(H,37,38). The van der Waals surface area contributed by atoms with Crippen LogP contribution in [-0.4, -0.2) is 65.9 Å². The molecule has 11 nitrogen and oxygen atoms in total. The maximum absolute atomic E-state index is 14.2.